The van der Waals surface area contributed by atoms with E-state index in [4.69, 9.17) is 9.90 Å². The predicted octanol–water partition coefficient (Wildman–Crippen LogP) is -1.90. The molecule has 0 saturated heterocycles. The molecule has 0 aliphatic heterocycles. The Hall–Kier alpha value is -0.850. The number of carbonyl (C=O) groups is 1. The third-order valence-corrected chi connectivity index (χ3v) is 0.142. The van der Waals surface area contributed by atoms with E-state index in [-0.39, 0.29) is 6.15 Å². The van der Waals surface area contributed by atoms with Crippen LogP contribution in [0, 0.1) is 0 Å². The molecule has 0 aromatic rings. The lowest BCUT2D eigenvalue weighted by atomic mass is 11.4. The summed E-state index contributed by atoms with van der Waals surface area (Å²) in [5.41, 5.74) is 1.41. The molecule has 0 bridgehead atoms. The number of carboxylic acid groups (broad SMARTS) is 1. The molecule has 44 valence electrons. The number of quaternary nitrogens is 1. The van der Waals surface area contributed by atoms with Crippen LogP contribution in [-0.2, 0) is 4.84 Å². The third-order valence-electron chi connectivity index (χ3n) is 0.142. The largest absolute Gasteiger partial charge is 0.454 e. The van der Waals surface area contributed by atoms with E-state index in [0.29, 0.717) is 0 Å². The summed E-state index contributed by atoms with van der Waals surface area (Å²) >= 11 is 0. The van der Waals surface area contributed by atoms with Crippen molar-refractivity contribution in [1.29, 1.82) is 0 Å². The number of hydrogen-bond donors (Lipinski definition) is 3. The predicted molar refractivity (Wildman–Crippen MR) is 19.8 cm³/mol. The van der Waals surface area contributed by atoms with Crippen molar-refractivity contribution in [1.82, 2.24) is 11.7 Å². The van der Waals surface area contributed by atoms with E-state index in [2.05, 4.69) is 10.7 Å². The van der Waals surface area contributed by atoms with Gasteiger partial charge in [0.1, 0.15) is 0 Å². The molecule has 0 rings (SSSR count). The number of hydrogen-bond acceptors (Lipinski definition) is 5. The van der Waals surface area contributed by atoms with Crippen LogP contribution < -0.4 is 22.7 Å². The Morgan fingerprint density at radius 1 is 1.86 bits per heavy atom. The van der Waals surface area contributed by atoms with Crippen molar-refractivity contribution in [2.45, 2.75) is 0 Å². The minimum Gasteiger partial charge on any atom is -0.454 e. The Kier molecular flexibility index (Phi) is 6.97. The maximum absolute atomic E-state index is 9.12. The van der Waals surface area contributed by atoms with Crippen LogP contribution in [0.25, 0.3) is 0 Å². The molecule has 0 fully saturated rings. The van der Waals surface area contributed by atoms with Gasteiger partial charge in [0, 0.05) is 0 Å². The van der Waals surface area contributed by atoms with Gasteiger partial charge in [-0.3, -0.25) is 5.84 Å². The van der Waals surface area contributed by atoms with Gasteiger partial charge in [-0.2, -0.15) is 5.59 Å². The fraction of sp³-hybridized carbons (Fsp3) is 0. The maximum Gasteiger partial charge on any atom is 0.269 e. The average Bonchev–Trinajstić information content (AvgIpc) is 1.35. The molecule has 0 aromatic heterocycles. The molecule has 0 aromatic carbocycles. The van der Waals surface area contributed by atoms with Gasteiger partial charge in [0.2, 0.25) is 0 Å². The van der Waals surface area contributed by atoms with Crippen LogP contribution in [0.3, 0.4) is 0 Å². The van der Waals surface area contributed by atoms with Gasteiger partial charge < -0.3 is 20.9 Å². The first-order valence-electron chi connectivity index (χ1n) is 1.11. The molecule has 6 heteroatoms. The van der Waals surface area contributed by atoms with Gasteiger partial charge in [-0.25, -0.2) is 0 Å². The lowest BCUT2D eigenvalue weighted by Gasteiger charge is -2.00. The molecule has 0 aliphatic rings. The number of carbonyl (C=O) groups excluding carboxylic acids is 1. The highest BCUT2D eigenvalue weighted by molar-refractivity contribution is 5.53. The van der Waals surface area contributed by atoms with Gasteiger partial charge in [0.05, 0.1) is 0 Å². The Morgan fingerprint density at radius 3 is 2.29 bits per heavy atom. The van der Waals surface area contributed by atoms with Crippen molar-refractivity contribution in [3.63, 3.8) is 0 Å². The highest BCUT2D eigenvalue weighted by Gasteiger charge is 1.69. The second kappa shape index (κ2) is 5.15. The Balaban J connectivity index is 0. The molecule has 7 N–H and O–H groups in total. The van der Waals surface area contributed by atoms with E-state index in [1.54, 1.807) is 0 Å². The summed E-state index contributed by atoms with van der Waals surface area (Å²) in [6.45, 7) is 0. The van der Waals surface area contributed by atoms with Gasteiger partial charge >= 0.3 is 0 Å². The Labute approximate surface area is 39.8 Å². The molecular formula is CH7N3O3. The maximum atomic E-state index is 9.12. The first-order valence-corrected chi connectivity index (χ1v) is 1.11. The zero-order chi connectivity index (χ0) is 4.99. The third kappa shape index (κ3) is 11.1. The van der Waals surface area contributed by atoms with Crippen molar-refractivity contribution in [3.8, 4) is 0 Å². The lowest BCUT2D eigenvalue weighted by molar-refractivity contribution is -0.290. The molecule has 0 unspecified atom stereocenters. The van der Waals surface area contributed by atoms with E-state index in [0.717, 1.165) is 0 Å². The minimum atomic E-state index is -1.70. The standard InChI is InChI=1S/CH4N2O3.H3N/c2-3-6-1(4)5;/h3H,2H2,(H,4,5);1H3. The number of nitrogens with one attached hydrogen (secondary N) is 1. The number of hydrazine groups is 1. The normalized spacial score (nSPS) is 6.43. The van der Waals surface area contributed by atoms with Crippen LogP contribution in [0.1, 0.15) is 0 Å². The van der Waals surface area contributed by atoms with E-state index in [1.165, 1.54) is 5.59 Å². The summed E-state index contributed by atoms with van der Waals surface area (Å²) < 4.78 is 0. The molecule has 0 radical (unpaired) electrons. The fourth-order valence-electron chi connectivity index (χ4n) is 0.0481. The van der Waals surface area contributed by atoms with Crippen molar-refractivity contribution >= 4 is 6.16 Å². The summed E-state index contributed by atoms with van der Waals surface area (Å²) in [5.74, 6) is 4.34. The van der Waals surface area contributed by atoms with Crippen LogP contribution in [0.5, 0.6) is 0 Å². The van der Waals surface area contributed by atoms with Crippen molar-refractivity contribution in [3.05, 3.63) is 0 Å². The van der Waals surface area contributed by atoms with Gasteiger partial charge in [0.15, 0.2) is 0 Å². The van der Waals surface area contributed by atoms with Crippen LogP contribution >= 0.6 is 0 Å². The smallest absolute Gasteiger partial charge is 0.269 e. The summed E-state index contributed by atoms with van der Waals surface area (Å²) in [5, 5.41) is 9.12. The summed E-state index contributed by atoms with van der Waals surface area (Å²) in [7, 11) is 0. The van der Waals surface area contributed by atoms with Crippen LogP contribution in [-0.4, -0.2) is 6.16 Å². The highest BCUT2D eigenvalue weighted by atomic mass is 16.8. The minimum absolute atomic E-state index is 0. The van der Waals surface area contributed by atoms with E-state index < -0.39 is 6.16 Å². The van der Waals surface area contributed by atoms with Crippen LogP contribution in [0.4, 0.5) is 4.79 Å². The monoisotopic (exact) mass is 109 g/mol. The van der Waals surface area contributed by atoms with Gasteiger partial charge in [-0.1, -0.05) is 0 Å². The highest BCUT2D eigenvalue weighted by Crippen LogP contribution is 1.52. The van der Waals surface area contributed by atoms with E-state index >= 15 is 0 Å². The molecule has 7 heavy (non-hydrogen) atoms. The molecule has 0 saturated carbocycles. The Bertz CT molecular complexity index is 54.1. The molecule has 0 heterocycles. The first kappa shape index (κ1) is 9.47. The van der Waals surface area contributed by atoms with Gasteiger partial charge in [-0.05, 0) is 0 Å². The zero-order valence-electron chi connectivity index (χ0n) is 3.80. The van der Waals surface area contributed by atoms with Gasteiger partial charge in [-0.15, -0.1) is 0 Å². The van der Waals surface area contributed by atoms with Crippen LogP contribution in [0.2, 0.25) is 0 Å². The second-order valence-electron chi connectivity index (χ2n) is 0.470. The zero-order valence-corrected chi connectivity index (χ0v) is 3.80. The average molecular weight is 109 g/mol. The first-order chi connectivity index (χ1) is 2.77. The SMILES string of the molecule is NNOC(=O)[O-].[NH4+]. The fourth-order valence-corrected chi connectivity index (χ4v) is 0.0481. The molecule has 0 amide bonds. The molecule has 0 atom stereocenters. The molecule has 0 aliphatic carbocycles. The van der Waals surface area contributed by atoms with Gasteiger partial charge in [0.25, 0.3) is 6.16 Å². The second-order valence-corrected chi connectivity index (χ2v) is 0.470. The van der Waals surface area contributed by atoms with E-state index in [9.17, 15) is 0 Å². The number of rotatable bonds is 1. The summed E-state index contributed by atoms with van der Waals surface area (Å²) in [6, 6.07) is 0. The Morgan fingerprint density at radius 2 is 2.29 bits per heavy atom. The summed E-state index contributed by atoms with van der Waals surface area (Å²) in [6.07, 6.45) is -1.70. The van der Waals surface area contributed by atoms with Crippen molar-refractivity contribution < 1.29 is 14.7 Å². The molecule has 6 nitrogen and oxygen atoms in total. The summed E-state index contributed by atoms with van der Waals surface area (Å²) in [4.78, 5) is 12.5. The number of nitrogens with two attached hydrogens (primary N) is 1. The van der Waals surface area contributed by atoms with Crippen LogP contribution in [0.15, 0.2) is 0 Å². The molecule has 0 spiro atoms. The molecular weight excluding hydrogens is 102 g/mol. The van der Waals surface area contributed by atoms with Crippen molar-refractivity contribution in [2.24, 2.45) is 5.84 Å². The van der Waals surface area contributed by atoms with E-state index in [1.807, 2.05) is 0 Å². The lowest BCUT2D eigenvalue weighted by Crippen LogP contribution is -2.34. The topological polar surface area (TPSA) is 124 Å². The van der Waals surface area contributed by atoms with Crippen molar-refractivity contribution in [2.75, 3.05) is 0 Å². The quantitative estimate of drug-likeness (QED) is 0.268.